The normalized spacial score (nSPS) is 17.5. The van der Waals surface area contributed by atoms with Gasteiger partial charge in [-0.15, -0.1) is 12.4 Å². The van der Waals surface area contributed by atoms with E-state index in [1.54, 1.807) is 4.90 Å². The Morgan fingerprint density at radius 1 is 1.45 bits per heavy atom. The third-order valence-electron chi connectivity index (χ3n) is 3.59. The maximum Gasteiger partial charge on any atom is 0.269 e. The van der Waals surface area contributed by atoms with E-state index in [-0.39, 0.29) is 30.6 Å². The minimum absolute atomic E-state index is 0. The number of benzene rings is 1. The van der Waals surface area contributed by atoms with Crippen LogP contribution in [-0.2, 0) is 4.79 Å². The number of rotatable bonds is 5. The molecule has 1 aromatic carbocycles. The first-order chi connectivity index (χ1) is 10.1. The molecule has 1 unspecified atom stereocenters. The molecule has 1 heterocycles. The highest BCUT2D eigenvalue weighted by molar-refractivity contribution is 5.85. The molecule has 2 rings (SSSR count). The number of piperidine rings is 1. The number of nitro benzene ring substituents is 1. The van der Waals surface area contributed by atoms with Crippen LogP contribution in [0.15, 0.2) is 24.3 Å². The number of ether oxygens (including phenoxy) is 1. The molecule has 0 aliphatic carbocycles. The summed E-state index contributed by atoms with van der Waals surface area (Å²) in [7, 11) is 1.89. The van der Waals surface area contributed by atoms with Crippen molar-refractivity contribution in [1.29, 1.82) is 0 Å². The van der Waals surface area contributed by atoms with E-state index in [9.17, 15) is 14.9 Å². The third-order valence-corrected chi connectivity index (χ3v) is 3.59. The molecule has 1 amide bonds. The molecule has 1 aliphatic rings. The lowest BCUT2D eigenvalue weighted by Crippen LogP contribution is -2.48. The lowest BCUT2D eigenvalue weighted by molar-refractivity contribution is -0.384. The van der Waals surface area contributed by atoms with Crippen LogP contribution in [0, 0.1) is 10.1 Å². The van der Waals surface area contributed by atoms with Gasteiger partial charge in [-0.25, -0.2) is 0 Å². The van der Waals surface area contributed by atoms with E-state index in [2.05, 4.69) is 5.32 Å². The largest absolute Gasteiger partial charge is 0.484 e. The minimum Gasteiger partial charge on any atom is -0.484 e. The number of amides is 1. The number of non-ortho nitro benzene ring substituents is 1. The average molecular weight is 330 g/mol. The summed E-state index contributed by atoms with van der Waals surface area (Å²) in [5.74, 6) is 0.393. The standard InChI is InChI=1S/C14H19N3O4.ClH/c1-15-11-3-2-8-16(9-11)14(18)10-21-13-6-4-12(5-7-13)17(19)20;/h4-7,11,15H,2-3,8-10H2,1H3;1H. The Balaban J connectivity index is 0.00000242. The number of hydrogen-bond acceptors (Lipinski definition) is 5. The summed E-state index contributed by atoms with van der Waals surface area (Å²) < 4.78 is 5.39. The number of likely N-dealkylation sites (N-methyl/N-ethyl adjacent to an activating group) is 1. The van der Waals surface area contributed by atoms with E-state index in [1.165, 1.54) is 24.3 Å². The van der Waals surface area contributed by atoms with Crippen molar-refractivity contribution < 1.29 is 14.5 Å². The summed E-state index contributed by atoms with van der Waals surface area (Å²) in [5.41, 5.74) is 0.00145. The summed E-state index contributed by atoms with van der Waals surface area (Å²) in [6.07, 6.45) is 2.05. The Kier molecular flexibility index (Phi) is 7.07. The van der Waals surface area contributed by atoms with E-state index in [1.807, 2.05) is 7.05 Å². The number of nitro groups is 1. The topological polar surface area (TPSA) is 84.7 Å². The molecule has 8 heteroatoms. The van der Waals surface area contributed by atoms with Gasteiger partial charge in [0.2, 0.25) is 0 Å². The maximum atomic E-state index is 12.1. The summed E-state index contributed by atoms with van der Waals surface area (Å²) in [6, 6.07) is 6.05. The number of likely N-dealkylation sites (tertiary alicyclic amines) is 1. The summed E-state index contributed by atoms with van der Waals surface area (Å²) in [6.45, 7) is 1.40. The van der Waals surface area contributed by atoms with Crippen molar-refractivity contribution in [3.8, 4) is 5.75 Å². The van der Waals surface area contributed by atoms with Crippen LogP contribution < -0.4 is 10.1 Å². The number of halogens is 1. The fraction of sp³-hybridized carbons (Fsp3) is 0.500. The summed E-state index contributed by atoms with van der Waals surface area (Å²) in [4.78, 5) is 23.9. The molecule has 122 valence electrons. The zero-order chi connectivity index (χ0) is 15.2. The number of nitrogens with one attached hydrogen (secondary N) is 1. The SMILES string of the molecule is CNC1CCCN(C(=O)COc2ccc([N+](=O)[O-])cc2)C1.Cl. The fourth-order valence-electron chi connectivity index (χ4n) is 2.34. The van der Waals surface area contributed by atoms with Gasteiger partial charge in [-0.1, -0.05) is 0 Å². The second-order valence-corrected chi connectivity index (χ2v) is 5.01. The van der Waals surface area contributed by atoms with Gasteiger partial charge in [0.15, 0.2) is 6.61 Å². The molecule has 1 N–H and O–H groups in total. The molecule has 1 fully saturated rings. The average Bonchev–Trinajstić information content (AvgIpc) is 2.53. The van der Waals surface area contributed by atoms with Gasteiger partial charge in [-0.3, -0.25) is 14.9 Å². The Labute approximate surface area is 135 Å². The van der Waals surface area contributed by atoms with Gasteiger partial charge in [-0.2, -0.15) is 0 Å². The van der Waals surface area contributed by atoms with Crippen molar-refractivity contribution in [3.05, 3.63) is 34.4 Å². The zero-order valence-corrected chi connectivity index (χ0v) is 13.2. The van der Waals surface area contributed by atoms with Crippen LogP contribution in [0.2, 0.25) is 0 Å². The summed E-state index contributed by atoms with van der Waals surface area (Å²) in [5, 5.41) is 13.7. The predicted octanol–water partition coefficient (Wildman–Crippen LogP) is 1.61. The molecule has 1 atom stereocenters. The second kappa shape index (κ2) is 8.55. The molecule has 1 aromatic rings. The lowest BCUT2D eigenvalue weighted by Gasteiger charge is -2.32. The molecule has 1 saturated heterocycles. The van der Waals surface area contributed by atoms with Gasteiger partial charge in [-0.05, 0) is 32.0 Å². The van der Waals surface area contributed by atoms with Gasteiger partial charge in [0.25, 0.3) is 11.6 Å². The van der Waals surface area contributed by atoms with E-state index in [0.29, 0.717) is 18.3 Å². The molecule has 0 saturated carbocycles. The van der Waals surface area contributed by atoms with Crippen molar-refractivity contribution in [2.45, 2.75) is 18.9 Å². The predicted molar refractivity (Wildman–Crippen MR) is 84.5 cm³/mol. The van der Waals surface area contributed by atoms with Crippen molar-refractivity contribution in [3.63, 3.8) is 0 Å². The van der Waals surface area contributed by atoms with Crippen LogP contribution in [-0.4, -0.2) is 48.5 Å². The van der Waals surface area contributed by atoms with Crippen LogP contribution >= 0.6 is 12.4 Å². The molecule has 7 nitrogen and oxygen atoms in total. The number of nitrogens with zero attached hydrogens (tertiary/aromatic N) is 2. The first kappa shape index (κ1) is 18.2. The molecule has 0 spiro atoms. The lowest BCUT2D eigenvalue weighted by atomic mass is 10.1. The van der Waals surface area contributed by atoms with Crippen molar-refractivity contribution >= 4 is 24.0 Å². The Hall–Kier alpha value is -1.86. The fourth-order valence-corrected chi connectivity index (χ4v) is 2.34. The zero-order valence-electron chi connectivity index (χ0n) is 12.4. The van der Waals surface area contributed by atoms with Gasteiger partial charge in [0.05, 0.1) is 4.92 Å². The number of hydrogen-bond donors (Lipinski definition) is 1. The highest BCUT2D eigenvalue weighted by Crippen LogP contribution is 2.17. The maximum absolute atomic E-state index is 12.1. The monoisotopic (exact) mass is 329 g/mol. The third kappa shape index (κ3) is 4.85. The molecule has 0 radical (unpaired) electrons. The molecule has 0 aromatic heterocycles. The molecule has 1 aliphatic heterocycles. The highest BCUT2D eigenvalue weighted by Gasteiger charge is 2.22. The van der Waals surface area contributed by atoms with E-state index >= 15 is 0 Å². The van der Waals surface area contributed by atoms with Crippen molar-refractivity contribution in [2.24, 2.45) is 0 Å². The first-order valence-corrected chi connectivity index (χ1v) is 6.92. The van der Waals surface area contributed by atoms with E-state index in [0.717, 1.165) is 19.4 Å². The Morgan fingerprint density at radius 3 is 2.73 bits per heavy atom. The molecular formula is C14H20ClN3O4. The highest BCUT2D eigenvalue weighted by atomic mass is 35.5. The second-order valence-electron chi connectivity index (χ2n) is 5.01. The number of carbonyl (C=O) groups is 1. The van der Waals surface area contributed by atoms with Crippen LogP contribution in [0.3, 0.4) is 0 Å². The van der Waals surface area contributed by atoms with Crippen LogP contribution in [0.5, 0.6) is 5.75 Å². The smallest absolute Gasteiger partial charge is 0.269 e. The van der Waals surface area contributed by atoms with Crippen LogP contribution in [0.1, 0.15) is 12.8 Å². The van der Waals surface area contributed by atoms with Gasteiger partial charge in [0, 0.05) is 31.3 Å². The van der Waals surface area contributed by atoms with E-state index < -0.39 is 4.92 Å². The molecular weight excluding hydrogens is 310 g/mol. The first-order valence-electron chi connectivity index (χ1n) is 6.92. The van der Waals surface area contributed by atoms with Gasteiger partial charge >= 0.3 is 0 Å². The van der Waals surface area contributed by atoms with Crippen LogP contribution in [0.4, 0.5) is 5.69 Å². The van der Waals surface area contributed by atoms with Crippen molar-refractivity contribution in [2.75, 3.05) is 26.7 Å². The summed E-state index contributed by atoms with van der Waals surface area (Å²) >= 11 is 0. The molecule has 0 bridgehead atoms. The molecule has 22 heavy (non-hydrogen) atoms. The quantitative estimate of drug-likeness (QED) is 0.655. The van der Waals surface area contributed by atoms with Gasteiger partial charge < -0.3 is 15.0 Å². The van der Waals surface area contributed by atoms with E-state index in [4.69, 9.17) is 4.74 Å². The van der Waals surface area contributed by atoms with Crippen molar-refractivity contribution in [1.82, 2.24) is 10.2 Å². The minimum atomic E-state index is -0.472. The Morgan fingerprint density at radius 2 is 2.14 bits per heavy atom. The van der Waals surface area contributed by atoms with Crippen LogP contribution in [0.25, 0.3) is 0 Å². The number of carbonyl (C=O) groups excluding carboxylic acids is 1. The van der Waals surface area contributed by atoms with Gasteiger partial charge in [0.1, 0.15) is 5.75 Å². The Bertz CT molecular complexity index is 509.